The number of carboxylic acid groups (broad SMARTS) is 1. The molecule has 1 aliphatic heterocycles. The average molecular weight is 664 g/mol. The highest BCUT2D eigenvalue weighted by atomic mass is 32.2. The Hall–Kier alpha value is -4.00. The molecular formula is C33H30F5NO6S. The van der Waals surface area contributed by atoms with Crippen molar-refractivity contribution in [3.8, 4) is 11.5 Å². The second kappa shape index (κ2) is 11.7. The molecule has 244 valence electrons. The molecular weight excluding hydrogens is 633 g/mol. The molecule has 0 aromatic heterocycles. The summed E-state index contributed by atoms with van der Waals surface area (Å²) in [4.78, 5) is 26.8. The quantitative estimate of drug-likeness (QED) is 0.228. The molecule has 6 rings (SSSR count). The summed E-state index contributed by atoms with van der Waals surface area (Å²) < 4.78 is 102. The Morgan fingerprint density at radius 2 is 1.59 bits per heavy atom. The van der Waals surface area contributed by atoms with Gasteiger partial charge in [-0.2, -0.15) is 13.2 Å². The number of ether oxygens (including phenoxy) is 1. The number of aryl methyl sites for hydroxylation is 1. The molecule has 3 aromatic carbocycles. The van der Waals surface area contributed by atoms with Gasteiger partial charge in [0.15, 0.2) is 21.4 Å². The number of carbonyl (C=O) groups excluding carboxylic acids is 1. The Labute approximate surface area is 261 Å². The fourth-order valence-electron chi connectivity index (χ4n) is 7.43. The maximum atomic E-state index is 14.6. The van der Waals surface area contributed by atoms with Gasteiger partial charge in [0.05, 0.1) is 16.9 Å². The second-order valence-corrected chi connectivity index (χ2v) is 14.3. The van der Waals surface area contributed by atoms with E-state index in [4.69, 9.17) is 4.74 Å². The number of amides is 1. The van der Waals surface area contributed by atoms with Gasteiger partial charge in [0.1, 0.15) is 21.9 Å². The van der Waals surface area contributed by atoms with E-state index >= 15 is 0 Å². The molecule has 2 aliphatic carbocycles. The zero-order valence-corrected chi connectivity index (χ0v) is 25.2. The molecule has 1 heterocycles. The van der Waals surface area contributed by atoms with Gasteiger partial charge in [-0.05, 0) is 105 Å². The molecule has 2 atom stereocenters. The summed E-state index contributed by atoms with van der Waals surface area (Å²) in [6.07, 6.45) is -3.03. The molecule has 1 amide bonds. The lowest BCUT2D eigenvalue weighted by atomic mass is 9.77. The predicted molar refractivity (Wildman–Crippen MR) is 155 cm³/mol. The molecule has 1 saturated heterocycles. The standard InChI is InChI=1S/C33H30F5NO6S/c34-22-9-12-24(13-10-22)46(43,44)32-16-17-39(30(40)19-4-6-20(7-5-19)31(41)42)28(32)15-8-21-18-23(11-14-25(21)32)45-29-26(33(36,37)38)2-1-3-27(29)35/h1-3,9-14,18-20,28H,4-8,15-17H2,(H,41,42)/t19?,20?,28-,32-/m1/s1. The molecule has 46 heavy (non-hydrogen) atoms. The highest BCUT2D eigenvalue weighted by Gasteiger charge is 2.61. The summed E-state index contributed by atoms with van der Waals surface area (Å²) in [6, 6.07) is 10.2. The van der Waals surface area contributed by atoms with Crippen molar-refractivity contribution in [1.82, 2.24) is 4.90 Å². The van der Waals surface area contributed by atoms with E-state index in [9.17, 15) is 45.1 Å². The largest absolute Gasteiger partial charge is 0.481 e. The lowest BCUT2D eigenvalue weighted by Gasteiger charge is -2.43. The minimum Gasteiger partial charge on any atom is -0.481 e. The number of benzene rings is 3. The third kappa shape index (κ3) is 5.31. The number of alkyl halides is 3. The zero-order chi connectivity index (χ0) is 33.0. The number of rotatable bonds is 6. The first-order valence-corrected chi connectivity index (χ1v) is 16.4. The van der Waals surface area contributed by atoms with Gasteiger partial charge in [-0.25, -0.2) is 17.2 Å². The first-order chi connectivity index (χ1) is 21.7. The number of aliphatic carboxylic acids is 1. The number of fused-ring (bicyclic) bond motifs is 3. The maximum Gasteiger partial charge on any atom is 0.420 e. The first kappa shape index (κ1) is 32.0. The van der Waals surface area contributed by atoms with Gasteiger partial charge < -0.3 is 14.7 Å². The molecule has 0 spiro atoms. The van der Waals surface area contributed by atoms with Crippen molar-refractivity contribution in [2.24, 2.45) is 11.8 Å². The van der Waals surface area contributed by atoms with E-state index in [1.54, 1.807) is 4.90 Å². The Morgan fingerprint density at radius 1 is 0.913 bits per heavy atom. The Balaban J connectivity index is 1.40. The van der Waals surface area contributed by atoms with Crippen LogP contribution in [0.3, 0.4) is 0 Å². The van der Waals surface area contributed by atoms with Crippen LogP contribution in [0.5, 0.6) is 11.5 Å². The fraction of sp³-hybridized carbons (Fsp3) is 0.394. The normalized spacial score (nSPS) is 24.6. The van der Waals surface area contributed by atoms with Crippen LogP contribution in [0.15, 0.2) is 65.6 Å². The Kier molecular flexibility index (Phi) is 8.10. The molecule has 1 N–H and O–H groups in total. The van der Waals surface area contributed by atoms with Crippen LogP contribution in [0.4, 0.5) is 22.0 Å². The average Bonchev–Trinajstić information content (AvgIpc) is 3.43. The summed E-state index contributed by atoms with van der Waals surface area (Å²) in [5, 5.41) is 9.37. The Morgan fingerprint density at radius 3 is 2.24 bits per heavy atom. The van der Waals surface area contributed by atoms with E-state index in [0.29, 0.717) is 42.9 Å². The van der Waals surface area contributed by atoms with E-state index < -0.39 is 67.6 Å². The van der Waals surface area contributed by atoms with Gasteiger partial charge >= 0.3 is 12.1 Å². The minimum absolute atomic E-state index is 0.00628. The van der Waals surface area contributed by atoms with E-state index in [2.05, 4.69) is 0 Å². The smallest absolute Gasteiger partial charge is 0.420 e. The van der Waals surface area contributed by atoms with Gasteiger partial charge in [-0.1, -0.05) is 12.1 Å². The molecule has 0 radical (unpaired) electrons. The van der Waals surface area contributed by atoms with Crippen LogP contribution in [-0.4, -0.2) is 42.9 Å². The van der Waals surface area contributed by atoms with Gasteiger partial charge in [0, 0.05) is 12.5 Å². The Bertz CT molecular complexity index is 1790. The van der Waals surface area contributed by atoms with Gasteiger partial charge in [-0.3, -0.25) is 9.59 Å². The fourth-order valence-corrected chi connectivity index (χ4v) is 9.80. The van der Waals surface area contributed by atoms with Crippen molar-refractivity contribution in [2.45, 2.75) is 66.8 Å². The van der Waals surface area contributed by atoms with Crippen LogP contribution in [0, 0.1) is 23.5 Å². The zero-order valence-electron chi connectivity index (χ0n) is 24.4. The highest BCUT2D eigenvalue weighted by Crippen LogP contribution is 2.54. The molecule has 7 nitrogen and oxygen atoms in total. The van der Waals surface area contributed by atoms with Crippen molar-refractivity contribution in [2.75, 3.05) is 6.54 Å². The van der Waals surface area contributed by atoms with Crippen LogP contribution in [0.1, 0.15) is 55.2 Å². The number of halogens is 5. The topological polar surface area (TPSA) is 101 Å². The van der Waals surface area contributed by atoms with Crippen LogP contribution < -0.4 is 4.74 Å². The van der Waals surface area contributed by atoms with Crippen molar-refractivity contribution < 1.29 is 49.8 Å². The minimum atomic E-state index is -4.89. The molecule has 13 heteroatoms. The highest BCUT2D eigenvalue weighted by molar-refractivity contribution is 7.92. The number of likely N-dealkylation sites (tertiary alicyclic amines) is 1. The lowest BCUT2D eigenvalue weighted by Crippen LogP contribution is -2.53. The van der Waals surface area contributed by atoms with E-state index in [1.807, 2.05) is 0 Å². The molecule has 2 fully saturated rings. The van der Waals surface area contributed by atoms with Crippen molar-refractivity contribution in [3.63, 3.8) is 0 Å². The van der Waals surface area contributed by atoms with Crippen molar-refractivity contribution >= 4 is 21.7 Å². The number of carbonyl (C=O) groups is 2. The van der Waals surface area contributed by atoms with E-state index in [-0.39, 0.29) is 42.4 Å². The summed E-state index contributed by atoms with van der Waals surface area (Å²) >= 11 is 0. The van der Waals surface area contributed by atoms with Crippen LogP contribution in [-0.2, 0) is 36.8 Å². The number of para-hydroxylation sites is 1. The van der Waals surface area contributed by atoms with Gasteiger partial charge in [0.25, 0.3) is 0 Å². The molecule has 0 unspecified atom stereocenters. The van der Waals surface area contributed by atoms with E-state index in [0.717, 1.165) is 36.4 Å². The predicted octanol–water partition coefficient (Wildman–Crippen LogP) is 6.88. The van der Waals surface area contributed by atoms with Crippen LogP contribution >= 0.6 is 0 Å². The number of hydrogen-bond acceptors (Lipinski definition) is 5. The third-order valence-electron chi connectivity index (χ3n) is 9.66. The first-order valence-electron chi connectivity index (χ1n) is 14.9. The number of hydrogen-bond donors (Lipinski definition) is 1. The molecule has 3 aromatic rings. The third-order valence-corrected chi connectivity index (χ3v) is 12.2. The van der Waals surface area contributed by atoms with Crippen LogP contribution in [0.2, 0.25) is 0 Å². The number of nitrogens with zero attached hydrogens (tertiary/aromatic N) is 1. The van der Waals surface area contributed by atoms with Crippen LogP contribution in [0.25, 0.3) is 0 Å². The maximum absolute atomic E-state index is 14.6. The van der Waals surface area contributed by atoms with Crippen molar-refractivity contribution in [1.29, 1.82) is 0 Å². The second-order valence-electron chi connectivity index (χ2n) is 12.1. The number of carboxylic acids is 1. The monoisotopic (exact) mass is 663 g/mol. The van der Waals surface area contributed by atoms with E-state index in [1.165, 1.54) is 18.2 Å². The summed E-state index contributed by atoms with van der Waals surface area (Å²) in [7, 11) is -4.30. The van der Waals surface area contributed by atoms with Crippen molar-refractivity contribution in [3.05, 3.63) is 89.0 Å². The SMILES string of the molecule is O=C(O)C1CCC(C(=O)N2CC[C@@]3(S(=O)(=O)c4ccc(F)cc4)c4ccc(Oc5c(F)cccc5C(F)(F)F)cc4CC[C@@H]23)CC1. The van der Waals surface area contributed by atoms with Gasteiger partial charge in [0.2, 0.25) is 5.91 Å². The van der Waals surface area contributed by atoms with Gasteiger partial charge in [-0.15, -0.1) is 0 Å². The summed E-state index contributed by atoms with van der Waals surface area (Å²) in [6.45, 7) is 0.102. The lowest BCUT2D eigenvalue weighted by molar-refractivity contribution is -0.146. The molecule has 3 aliphatic rings. The molecule has 0 bridgehead atoms. The number of sulfone groups is 1. The summed E-state index contributed by atoms with van der Waals surface area (Å²) in [5.41, 5.74) is -0.501. The summed E-state index contributed by atoms with van der Waals surface area (Å²) in [5.74, 6) is -5.12. The molecule has 1 saturated carbocycles.